The fraction of sp³-hybridized carbons (Fsp3) is 0.474. The van der Waals surface area contributed by atoms with Crippen LogP contribution in [-0.2, 0) is 24.4 Å². The number of anilines is 1. The summed E-state index contributed by atoms with van der Waals surface area (Å²) >= 11 is 0. The lowest BCUT2D eigenvalue weighted by molar-refractivity contribution is -0.0809. The van der Waals surface area contributed by atoms with Crippen LogP contribution < -0.4 is 11.4 Å². The summed E-state index contributed by atoms with van der Waals surface area (Å²) in [7, 11) is 0. The maximum Gasteiger partial charge on any atom is 0.349 e. The molecule has 27 heavy (non-hydrogen) atoms. The van der Waals surface area contributed by atoms with Crippen molar-refractivity contribution in [1.82, 2.24) is 14.5 Å². The van der Waals surface area contributed by atoms with E-state index in [-0.39, 0.29) is 25.2 Å². The lowest BCUT2D eigenvalue weighted by Gasteiger charge is -2.20. The molecule has 144 valence electrons. The highest BCUT2D eigenvalue weighted by molar-refractivity contribution is 5.30. The Morgan fingerprint density at radius 1 is 1.22 bits per heavy atom. The Morgan fingerprint density at radius 3 is 2.59 bits per heavy atom. The summed E-state index contributed by atoms with van der Waals surface area (Å²) in [6, 6.07) is 9.60. The molecule has 1 saturated heterocycles. The van der Waals surface area contributed by atoms with Crippen LogP contribution in [0.2, 0.25) is 0 Å². The predicted molar refractivity (Wildman–Crippen MR) is 96.3 cm³/mol. The van der Waals surface area contributed by atoms with Gasteiger partial charge in [-0.15, -0.1) is 0 Å². The van der Waals surface area contributed by atoms with Gasteiger partial charge < -0.3 is 10.5 Å². The zero-order valence-corrected chi connectivity index (χ0v) is 14.9. The van der Waals surface area contributed by atoms with Gasteiger partial charge in [0.25, 0.3) is 5.92 Å². The van der Waals surface area contributed by atoms with Crippen molar-refractivity contribution in [1.29, 1.82) is 0 Å². The number of alkyl halides is 2. The third-order valence-electron chi connectivity index (χ3n) is 5.22. The van der Waals surface area contributed by atoms with Gasteiger partial charge >= 0.3 is 5.69 Å². The van der Waals surface area contributed by atoms with Gasteiger partial charge in [-0.1, -0.05) is 24.3 Å². The summed E-state index contributed by atoms with van der Waals surface area (Å²) in [4.78, 5) is 17.5. The quantitative estimate of drug-likeness (QED) is 0.864. The van der Waals surface area contributed by atoms with Crippen molar-refractivity contribution in [3.8, 4) is 0 Å². The van der Waals surface area contributed by atoms with Gasteiger partial charge in [-0.2, -0.15) is 4.98 Å². The number of fused-ring (bicyclic) bond motifs is 1. The van der Waals surface area contributed by atoms with Gasteiger partial charge in [0.05, 0.1) is 6.10 Å². The molecular weight excluding hydrogens is 354 g/mol. The summed E-state index contributed by atoms with van der Waals surface area (Å²) in [5, 5.41) is 0. The summed E-state index contributed by atoms with van der Waals surface area (Å²) in [5.41, 5.74) is 7.39. The molecule has 4 rings (SSSR count). The third kappa shape index (κ3) is 3.86. The molecule has 2 atom stereocenters. The number of nitrogen functional groups attached to an aromatic ring is 1. The van der Waals surface area contributed by atoms with E-state index in [4.69, 9.17) is 10.5 Å². The lowest BCUT2D eigenvalue weighted by Crippen LogP contribution is -2.32. The molecule has 0 amide bonds. The van der Waals surface area contributed by atoms with Crippen LogP contribution in [0, 0.1) is 0 Å². The summed E-state index contributed by atoms with van der Waals surface area (Å²) in [6.07, 6.45) is -0.483. The zero-order valence-electron chi connectivity index (χ0n) is 14.9. The van der Waals surface area contributed by atoms with Crippen molar-refractivity contribution < 1.29 is 13.5 Å². The first-order valence-electron chi connectivity index (χ1n) is 9.06. The first kappa shape index (κ1) is 18.1. The zero-order chi connectivity index (χ0) is 19.0. The average Bonchev–Trinajstić information content (AvgIpc) is 3.13. The van der Waals surface area contributed by atoms with Gasteiger partial charge in [0.1, 0.15) is 11.9 Å². The van der Waals surface area contributed by atoms with E-state index < -0.39 is 23.8 Å². The van der Waals surface area contributed by atoms with Gasteiger partial charge in [-0.25, -0.2) is 13.6 Å². The van der Waals surface area contributed by atoms with Crippen LogP contribution >= 0.6 is 0 Å². The van der Waals surface area contributed by atoms with E-state index in [9.17, 15) is 13.6 Å². The number of nitrogens with zero attached hydrogens (tertiary/aromatic N) is 3. The third-order valence-corrected chi connectivity index (χ3v) is 5.22. The van der Waals surface area contributed by atoms with E-state index in [1.807, 2.05) is 12.1 Å². The van der Waals surface area contributed by atoms with Gasteiger partial charge in [-0.3, -0.25) is 9.47 Å². The molecule has 0 saturated carbocycles. The maximum absolute atomic E-state index is 14.4. The van der Waals surface area contributed by atoms with Crippen LogP contribution in [0.3, 0.4) is 0 Å². The maximum atomic E-state index is 14.4. The smallest absolute Gasteiger partial charge is 0.349 e. The molecule has 3 heterocycles. The summed E-state index contributed by atoms with van der Waals surface area (Å²) < 4.78 is 35.7. The fourth-order valence-electron chi connectivity index (χ4n) is 3.89. The molecule has 0 bridgehead atoms. The summed E-state index contributed by atoms with van der Waals surface area (Å²) in [6.45, 7) is 2.12. The van der Waals surface area contributed by atoms with Crippen molar-refractivity contribution in [2.75, 3.05) is 12.3 Å². The van der Waals surface area contributed by atoms with E-state index in [1.165, 1.54) is 28.0 Å². The van der Waals surface area contributed by atoms with Crippen LogP contribution in [-0.4, -0.2) is 39.1 Å². The molecule has 6 nitrogen and oxygen atoms in total. The Labute approximate surface area is 155 Å². The molecule has 8 heteroatoms. The molecule has 1 aromatic heterocycles. The van der Waals surface area contributed by atoms with Crippen molar-refractivity contribution >= 4 is 5.82 Å². The van der Waals surface area contributed by atoms with Crippen LogP contribution in [0.1, 0.15) is 24.0 Å². The molecule has 0 spiro atoms. The number of nitrogens with two attached hydrogens (primary N) is 1. The highest BCUT2D eigenvalue weighted by Gasteiger charge is 2.50. The first-order chi connectivity index (χ1) is 12.9. The fourth-order valence-corrected chi connectivity index (χ4v) is 3.89. The number of hydrogen-bond acceptors (Lipinski definition) is 5. The summed E-state index contributed by atoms with van der Waals surface area (Å²) in [5.74, 6) is -2.78. The average molecular weight is 376 g/mol. The minimum atomic E-state index is -2.90. The van der Waals surface area contributed by atoms with Crippen LogP contribution in [0.25, 0.3) is 0 Å². The topological polar surface area (TPSA) is 73.4 Å². The van der Waals surface area contributed by atoms with E-state index in [0.29, 0.717) is 6.54 Å². The highest BCUT2D eigenvalue weighted by atomic mass is 19.3. The van der Waals surface area contributed by atoms with Crippen LogP contribution in [0.15, 0.2) is 41.3 Å². The minimum absolute atomic E-state index is 0.0508. The number of rotatable bonds is 5. The Morgan fingerprint density at radius 2 is 1.93 bits per heavy atom. The second kappa shape index (κ2) is 7.01. The lowest BCUT2D eigenvalue weighted by atomic mass is 10.1. The highest BCUT2D eigenvalue weighted by Crippen LogP contribution is 2.38. The van der Waals surface area contributed by atoms with Gasteiger partial charge in [0, 0.05) is 38.8 Å². The van der Waals surface area contributed by atoms with Crippen LogP contribution in [0.5, 0.6) is 0 Å². The molecule has 2 aromatic rings. The molecule has 2 aliphatic heterocycles. The number of halogens is 2. The molecular formula is C19H22F2N4O2. The van der Waals surface area contributed by atoms with Crippen molar-refractivity contribution in [2.24, 2.45) is 0 Å². The van der Waals surface area contributed by atoms with Gasteiger partial charge in [0.2, 0.25) is 0 Å². The van der Waals surface area contributed by atoms with E-state index in [1.54, 1.807) is 0 Å². The predicted octanol–water partition coefficient (Wildman–Crippen LogP) is 2.02. The standard InChI is InChI=1S/C19H22F2N4O2/c20-19(21)9-15(12-24-10-13-3-1-2-4-14(13)11-24)27-16(19)5-7-25-8-6-17(22)23-18(25)26/h1-4,6,8,15-16H,5,7,9-12H2,(H2,22,23,26)/t15-,16-/m0/s1. The Balaban J connectivity index is 1.35. The first-order valence-corrected chi connectivity index (χ1v) is 9.06. The Bertz CT molecular complexity index is 861. The Hall–Kier alpha value is -2.32. The SMILES string of the molecule is Nc1ccn(CC[C@@H]2O[C@H](CN3Cc4ccccc4C3)CC2(F)F)c(=O)n1. The minimum Gasteiger partial charge on any atom is -0.383 e. The number of aryl methyl sites for hydroxylation is 1. The molecule has 2 N–H and O–H groups in total. The van der Waals surface area contributed by atoms with E-state index in [0.717, 1.165) is 13.1 Å². The molecule has 2 aliphatic rings. The van der Waals surface area contributed by atoms with Crippen molar-refractivity contribution in [3.63, 3.8) is 0 Å². The van der Waals surface area contributed by atoms with E-state index in [2.05, 4.69) is 22.0 Å². The Kier molecular flexibility index (Phi) is 4.69. The molecule has 1 fully saturated rings. The van der Waals surface area contributed by atoms with Crippen LogP contribution in [0.4, 0.5) is 14.6 Å². The van der Waals surface area contributed by atoms with Gasteiger partial charge in [0.15, 0.2) is 0 Å². The molecule has 0 radical (unpaired) electrons. The number of aromatic nitrogens is 2. The normalized spacial score (nSPS) is 24.2. The van der Waals surface area contributed by atoms with Crippen molar-refractivity contribution in [3.05, 3.63) is 58.1 Å². The van der Waals surface area contributed by atoms with Gasteiger partial charge in [-0.05, 0) is 23.6 Å². The van der Waals surface area contributed by atoms with Crippen molar-refractivity contribution in [2.45, 2.75) is 50.6 Å². The second-order valence-electron chi connectivity index (χ2n) is 7.27. The molecule has 1 aromatic carbocycles. The molecule has 0 unspecified atom stereocenters. The monoisotopic (exact) mass is 376 g/mol. The number of hydrogen-bond donors (Lipinski definition) is 1. The molecule has 0 aliphatic carbocycles. The van der Waals surface area contributed by atoms with E-state index >= 15 is 0 Å². The largest absolute Gasteiger partial charge is 0.383 e. The number of ether oxygens (including phenoxy) is 1. The second-order valence-corrected chi connectivity index (χ2v) is 7.27. The number of benzene rings is 1.